The maximum absolute atomic E-state index is 13.8. The van der Waals surface area contributed by atoms with Crippen molar-refractivity contribution >= 4 is 22.8 Å². The molecule has 2 atom stereocenters. The molecule has 2 aliphatic rings. The lowest BCUT2D eigenvalue weighted by molar-refractivity contribution is -0.116. The van der Waals surface area contributed by atoms with Crippen molar-refractivity contribution in [2.75, 3.05) is 19.5 Å². The minimum atomic E-state index is -0.210. The van der Waals surface area contributed by atoms with Gasteiger partial charge in [-0.1, -0.05) is 48.5 Å². The van der Waals surface area contributed by atoms with E-state index in [1.54, 1.807) is 14.2 Å². The van der Waals surface area contributed by atoms with Crippen LogP contribution in [0.2, 0.25) is 0 Å². The van der Waals surface area contributed by atoms with Gasteiger partial charge >= 0.3 is 0 Å². The van der Waals surface area contributed by atoms with Crippen LogP contribution in [0.1, 0.15) is 35.9 Å². The van der Waals surface area contributed by atoms with Gasteiger partial charge in [-0.15, -0.1) is 0 Å². The minimum absolute atomic E-state index is 0.0471. The smallest absolute Gasteiger partial charge is 0.209 e. The SMILES string of the molecule is COc1ccc([C@@H]2CC(=O)C3=C(C2)Nc2nc4ccccc4n2[C@@H]3c2ccccc2)cc1OC. The van der Waals surface area contributed by atoms with Crippen LogP contribution in [-0.2, 0) is 4.79 Å². The second-order valence-corrected chi connectivity index (χ2v) is 8.77. The van der Waals surface area contributed by atoms with Crippen molar-refractivity contribution in [1.82, 2.24) is 9.55 Å². The van der Waals surface area contributed by atoms with Crippen LogP contribution in [0.15, 0.2) is 84.1 Å². The van der Waals surface area contributed by atoms with E-state index in [1.807, 2.05) is 54.6 Å². The zero-order chi connectivity index (χ0) is 23.2. The molecule has 1 aliphatic carbocycles. The Morgan fingerprint density at radius 3 is 2.44 bits per heavy atom. The molecule has 0 amide bonds. The molecule has 34 heavy (non-hydrogen) atoms. The molecule has 6 rings (SSSR count). The average molecular weight is 452 g/mol. The molecule has 0 saturated carbocycles. The normalized spacial score (nSPS) is 19.4. The fraction of sp³-hybridized carbons (Fsp3) is 0.214. The Bertz CT molecular complexity index is 1440. The standard InChI is InChI=1S/C28H25N3O3/c1-33-24-13-12-18(16-25(24)34-2)19-14-21-26(23(32)15-19)27(17-8-4-3-5-9-17)31-22-11-7-6-10-20(22)29-28(31)30-21/h3-13,16,19,27H,14-15H2,1-2H3,(H,29,30)/t19-,27+/m0/s1. The predicted molar refractivity (Wildman–Crippen MR) is 131 cm³/mol. The largest absolute Gasteiger partial charge is 0.493 e. The van der Waals surface area contributed by atoms with Crippen LogP contribution < -0.4 is 14.8 Å². The molecule has 0 bridgehead atoms. The first kappa shape index (κ1) is 20.5. The average Bonchev–Trinajstić information content (AvgIpc) is 3.25. The van der Waals surface area contributed by atoms with Gasteiger partial charge in [-0.2, -0.15) is 0 Å². The van der Waals surface area contributed by atoms with Crippen molar-refractivity contribution in [3.8, 4) is 11.5 Å². The number of Topliss-reactive ketones (excluding diaryl/α,β-unsaturated/α-hetero) is 1. The number of hydrogen-bond donors (Lipinski definition) is 1. The van der Waals surface area contributed by atoms with Gasteiger partial charge in [0.05, 0.1) is 31.3 Å². The van der Waals surface area contributed by atoms with Gasteiger partial charge in [-0.25, -0.2) is 4.98 Å². The fourth-order valence-electron chi connectivity index (χ4n) is 5.32. The zero-order valence-electron chi connectivity index (χ0n) is 19.1. The fourth-order valence-corrected chi connectivity index (χ4v) is 5.32. The number of carbonyl (C=O) groups is 1. The van der Waals surface area contributed by atoms with Crippen LogP contribution in [0.25, 0.3) is 11.0 Å². The number of anilines is 1. The van der Waals surface area contributed by atoms with Gasteiger partial charge in [-0.05, 0) is 47.7 Å². The van der Waals surface area contributed by atoms with E-state index in [1.165, 1.54) is 0 Å². The van der Waals surface area contributed by atoms with Crippen molar-refractivity contribution in [2.45, 2.75) is 24.8 Å². The Labute approximate surface area is 197 Å². The van der Waals surface area contributed by atoms with Gasteiger partial charge in [0, 0.05) is 17.7 Å². The first-order valence-electron chi connectivity index (χ1n) is 11.4. The predicted octanol–water partition coefficient (Wildman–Crippen LogP) is 5.47. The molecule has 6 nitrogen and oxygen atoms in total. The van der Waals surface area contributed by atoms with Crippen LogP contribution >= 0.6 is 0 Å². The summed E-state index contributed by atoms with van der Waals surface area (Å²) < 4.78 is 13.1. The number of benzene rings is 3. The van der Waals surface area contributed by atoms with E-state index < -0.39 is 0 Å². The highest BCUT2D eigenvalue weighted by Crippen LogP contribution is 2.46. The number of nitrogens with zero attached hydrogens (tertiary/aromatic N) is 2. The van der Waals surface area contributed by atoms with E-state index in [9.17, 15) is 4.79 Å². The number of hydrogen-bond acceptors (Lipinski definition) is 5. The van der Waals surface area contributed by atoms with Crippen LogP contribution in [0.3, 0.4) is 0 Å². The number of aromatic nitrogens is 2. The number of para-hydroxylation sites is 2. The first-order valence-corrected chi connectivity index (χ1v) is 11.4. The maximum Gasteiger partial charge on any atom is 0.209 e. The topological polar surface area (TPSA) is 65.4 Å². The number of nitrogens with one attached hydrogen (secondary N) is 1. The van der Waals surface area contributed by atoms with Gasteiger partial charge in [0.2, 0.25) is 5.95 Å². The first-order chi connectivity index (χ1) is 16.7. The molecule has 1 aliphatic heterocycles. The quantitative estimate of drug-likeness (QED) is 0.446. The Kier molecular flexibility index (Phi) is 4.87. The van der Waals surface area contributed by atoms with Crippen LogP contribution in [0.5, 0.6) is 11.5 Å². The summed E-state index contributed by atoms with van der Waals surface area (Å²) in [4.78, 5) is 18.6. The van der Waals surface area contributed by atoms with Crippen LogP contribution in [-0.4, -0.2) is 29.6 Å². The third-order valence-electron chi connectivity index (χ3n) is 6.89. The third kappa shape index (κ3) is 3.17. The van der Waals surface area contributed by atoms with E-state index in [2.05, 4.69) is 28.1 Å². The zero-order valence-corrected chi connectivity index (χ0v) is 19.1. The number of imidazole rings is 1. The van der Waals surface area contributed by atoms with E-state index in [0.29, 0.717) is 17.9 Å². The molecular formula is C28H25N3O3. The molecule has 6 heteroatoms. The Morgan fingerprint density at radius 2 is 1.65 bits per heavy atom. The van der Waals surface area contributed by atoms with Gasteiger partial charge in [0.15, 0.2) is 17.3 Å². The lowest BCUT2D eigenvalue weighted by Gasteiger charge is -2.36. The number of allylic oxidation sites excluding steroid dienone is 2. The number of ketones is 1. The maximum atomic E-state index is 13.8. The molecule has 0 spiro atoms. The second kappa shape index (κ2) is 8.06. The lowest BCUT2D eigenvalue weighted by Crippen LogP contribution is -2.33. The number of ether oxygens (including phenoxy) is 2. The Balaban J connectivity index is 1.47. The molecule has 1 N–H and O–H groups in total. The number of rotatable bonds is 4. The monoisotopic (exact) mass is 451 g/mol. The van der Waals surface area contributed by atoms with Crippen LogP contribution in [0.4, 0.5) is 5.95 Å². The molecule has 0 saturated heterocycles. The van der Waals surface area contributed by atoms with Crippen LogP contribution in [0, 0.1) is 0 Å². The van der Waals surface area contributed by atoms with E-state index in [0.717, 1.165) is 45.8 Å². The highest BCUT2D eigenvalue weighted by molar-refractivity contribution is 6.01. The van der Waals surface area contributed by atoms with Crippen molar-refractivity contribution in [3.05, 3.63) is 95.2 Å². The van der Waals surface area contributed by atoms with Crippen molar-refractivity contribution < 1.29 is 14.3 Å². The third-order valence-corrected chi connectivity index (χ3v) is 6.89. The Hall–Kier alpha value is -4.06. The molecule has 170 valence electrons. The summed E-state index contributed by atoms with van der Waals surface area (Å²) >= 11 is 0. The van der Waals surface area contributed by atoms with Gasteiger partial charge in [0.1, 0.15) is 0 Å². The summed E-state index contributed by atoms with van der Waals surface area (Å²) in [5.41, 5.74) is 5.86. The van der Waals surface area contributed by atoms with Crippen molar-refractivity contribution in [1.29, 1.82) is 0 Å². The molecule has 4 aromatic rings. The molecular weight excluding hydrogens is 426 g/mol. The van der Waals surface area contributed by atoms with E-state index >= 15 is 0 Å². The molecule has 0 unspecified atom stereocenters. The summed E-state index contributed by atoms with van der Waals surface area (Å²) in [5.74, 6) is 2.33. The summed E-state index contributed by atoms with van der Waals surface area (Å²) in [5, 5.41) is 3.52. The summed E-state index contributed by atoms with van der Waals surface area (Å²) in [6.45, 7) is 0. The van der Waals surface area contributed by atoms with E-state index in [-0.39, 0.29) is 17.7 Å². The van der Waals surface area contributed by atoms with Crippen molar-refractivity contribution in [3.63, 3.8) is 0 Å². The number of methoxy groups -OCH3 is 2. The number of fused-ring (bicyclic) bond motifs is 3. The highest BCUT2D eigenvalue weighted by Gasteiger charge is 2.39. The van der Waals surface area contributed by atoms with Gasteiger partial charge < -0.3 is 14.8 Å². The molecule has 1 aromatic heterocycles. The summed E-state index contributed by atoms with van der Waals surface area (Å²) in [6, 6.07) is 24.0. The molecule has 0 radical (unpaired) electrons. The summed E-state index contributed by atoms with van der Waals surface area (Å²) in [6.07, 6.45) is 1.17. The van der Waals surface area contributed by atoms with E-state index in [4.69, 9.17) is 14.5 Å². The van der Waals surface area contributed by atoms with Gasteiger partial charge in [-0.3, -0.25) is 9.36 Å². The van der Waals surface area contributed by atoms with Crippen molar-refractivity contribution in [2.24, 2.45) is 0 Å². The molecule has 0 fully saturated rings. The second-order valence-electron chi connectivity index (χ2n) is 8.77. The Morgan fingerprint density at radius 1 is 0.882 bits per heavy atom. The molecule has 3 aromatic carbocycles. The highest BCUT2D eigenvalue weighted by atomic mass is 16.5. The summed E-state index contributed by atoms with van der Waals surface area (Å²) in [7, 11) is 3.26. The number of carbonyl (C=O) groups excluding carboxylic acids is 1. The van der Waals surface area contributed by atoms with Gasteiger partial charge in [0.25, 0.3) is 0 Å². The minimum Gasteiger partial charge on any atom is -0.493 e. The lowest BCUT2D eigenvalue weighted by atomic mass is 9.77. The molecule has 2 heterocycles.